The SMILES string of the molecule is O=C(NCC1CCCOC1)c1ccc(-c2cccc3cccnc23)cc1. The molecule has 4 nitrogen and oxygen atoms in total. The van der Waals surface area contributed by atoms with Crippen LogP contribution in [0.2, 0.25) is 0 Å². The molecule has 2 aromatic carbocycles. The molecule has 4 rings (SSSR count). The fourth-order valence-electron chi connectivity index (χ4n) is 3.45. The summed E-state index contributed by atoms with van der Waals surface area (Å²) in [6.07, 6.45) is 4.00. The largest absolute Gasteiger partial charge is 0.381 e. The Bertz CT molecular complexity index is 894. The zero-order valence-corrected chi connectivity index (χ0v) is 14.7. The van der Waals surface area contributed by atoms with Crippen molar-refractivity contribution in [1.82, 2.24) is 10.3 Å². The monoisotopic (exact) mass is 346 g/mol. The summed E-state index contributed by atoms with van der Waals surface area (Å²) in [4.78, 5) is 16.9. The molecule has 26 heavy (non-hydrogen) atoms. The number of nitrogens with zero attached hydrogens (tertiary/aromatic N) is 1. The van der Waals surface area contributed by atoms with E-state index in [0.717, 1.165) is 48.1 Å². The third kappa shape index (κ3) is 3.60. The van der Waals surface area contributed by atoms with E-state index in [1.54, 1.807) is 0 Å². The van der Waals surface area contributed by atoms with Crippen LogP contribution in [-0.2, 0) is 4.74 Å². The number of hydrogen-bond donors (Lipinski definition) is 1. The molecule has 1 aliphatic heterocycles. The van der Waals surface area contributed by atoms with Gasteiger partial charge >= 0.3 is 0 Å². The van der Waals surface area contributed by atoms with E-state index in [-0.39, 0.29) is 5.91 Å². The van der Waals surface area contributed by atoms with Crippen LogP contribution in [0.5, 0.6) is 0 Å². The van der Waals surface area contributed by atoms with Crippen molar-refractivity contribution in [3.8, 4) is 11.1 Å². The zero-order valence-electron chi connectivity index (χ0n) is 14.7. The fraction of sp³-hybridized carbons (Fsp3) is 0.273. The Morgan fingerprint density at radius 2 is 1.96 bits per heavy atom. The number of hydrogen-bond acceptors (Lipinski definition) is 3. The number of carbonyl (C=O) groups is 1. The molecule has 4 heteroatoms. The molecule has 1 atom stereocenters. The van der Waals surface area contributed by atoms with Crippen LogP contribution in [-0.4, -0.2) is 30.6 Å². The molecule has 0 saturated carbocycles. The van der Waals surface area contributed by atoms with E-state index in [9.17, 15) is 4.79 Å². The van der Waals surface area contributed by atoms with E-state index < -0.39 is 0 Å². The van der Waals surface area contributed by atoms with E-state index in [2.05, 4.69) is 28.5 Å². The normalized spacial score (nSPS) is 17.2. The van der Waals surface area contributed by atoms with Crippen molar-refractivity contribution in [2.45, 2.75) is 12.8 Å². The van der Waals surface area contributed by atoms with Crippen LogP contribution in [0.1, 0.15) is 23.2 Å². The maximum atomic E-state index is 12.4. The van der Waals surface area contributed by atoms with Gasteiger partial charge in [-0.15, -0.1) is 0 Å². The molecule has 0 spiro atoms. The van der Waals surface area contributed by atoms with Gasteiger partial charge in [-0.3, -0.25) is 9.78 Å². The predicted molar refractivity (Wildman–Crippen MR) is 103 cm³/mol. The minimum Gasteiger partial charge on any atom is -0.381 e. The summed E-state index contributed by atoms with van der Waals surface area (Å²) in [6, 6.07) is 17.9. The first-order valence-electron chi connectivity index (χ1n) is 9.11. The van der Waals surface area contributed by atoms with Gasteiger partial charge in [0.15, 0.2) is 0 Å². The molecule has 0 radical (unpaired) electrons. The number of amides is 1. The highest BCUT2D eigenvalue weighted by Gasteiger charge is 2.15. The van der Waals surface area contributed by atoms with E-state index in [1.165, 1.54) is 0 Å². The summed E-state index contributed by atoms with van der Waals surface area (Å²) in [5.41, 5.74) is 3.80. The first-order chi connectivity index (χ1) is 12.8. The number of rotatable bonds is 4. The number of pyridine rings is 1. The van der Waals surface area contributed by atoms with Crippen molar-refractivity contribution in [3.05, 3.63) is 66.4 Å². The third-order valence-corrected chi connectivity index (χ3v) is 4.90. The van der Waals surface area contributed by atoms with Gasteiger partial charge in [0.2, 0.25) is 0 Å². The molecule has 1 fully saturated rings. The average molecular weight is 346 g/mol. The first-order valence-corrected chi connectivity index (χ1v) is 9.11. The lowest BCUT2D eigenvalue weighted by atomic mass is 10.00. The van der Waals surface area contributed by atoms with Crippen LogP contribution >= 0.6 is 0 Å². The van der Waals surface area contributed by atoms with Gasteiger partial charge in [-0.25, -0.2) is 0 Å². The summed E-state index contributed by atoms with van der Waals surface area (Å²) >= 11 is 0. The Hall–Kier alpha value is -2.72. The molecule has 1 amide bonds. The molecule has 1 N–H and O–H groups in total. The third-order valence-electron chi connectivity index (χ3n) is 4.90. The van der Waals surface area contributed by atoms with Gasteiger partial charge < -0.3 is 10.1 Å². The van der Waals surface area contributed by atoms with E-state index in [1.807, 2.05) is 42.6 Å². The van der Waals surface area contributed by atoms with Gasteiger partial charge in [-0.05, 0) is 42.5 Å². The van der Waals surface area contributed by atoms with E-state index >= 15 is 0 Å². The molecular weight excluding hydrogens is 324 g/mol. The quantitative estimate of drug-likeness (QED) is 0.775. The van der Waals surface area contributed by atoms with E-state index in [0.29, 0.717) is 18.0 Å². The maximum absolute atomic E-state index is 12.4. The summed E-state index contributed by atoms with van der Waals surface area (Å²) in [5.74, 6) is 0.395. The van der Waals surface area contributed by atoms with E-state index in [4.69, 9.17) is 4.74 Å². The van der Waals surface area contributed by atoms with Crippen LogP contribution in [0, 0.1) is 5.92 Å². The van der Waals surface area contributed by atoms with Crippen molar-refractivity contribution in [3.63, 3.8) is 0 Å². The van der Waals surface area contributed by atoms with Crippen molar-refractivity contribution in [2.75, 3.05) is 19.8 Å². The number of benzene rings is 2. The summed E-state index contributed by atoms with van der Waals surface area (Å²) in [7, 11) is 0. The number of nitrogens with one attached hydrogen (secondary N) is 1. The van der Waals surface area contributed by atoms with Gasteiger partial charge in [0.25, 0.3) is 5.91 Å². The lowest BCUT2D eigenvalue weighted by molar-refractivity contribution is 0.0536. The molecule has 1 unspecified atom stereocenters. The van der Waals surface area contributed by atoms with Crippen LogP contribution in [0.4, 0.5) is 0 Å². The lowest BCUT2D eigenvalue weighted by Crippen LogP contribution is -2.33. The second kappa shape index (κ2) is 7.67. The van der Waals surface area contributed by atoms with Gasteiger partial charge in [0.05, 0.1) is 12.1 Å². The highest BCUT2D eigenvalue weighted by atomic mass is 16.5. The Labute approximate surface area is 153 Å². The standard InChI is InChI=1S/C22H22N2O2/c25-22(24-14-16-4-3-13-26-15-16)19-10-8-17(9-11-19)20-7-1-5-18-6-2-12-23-21(18)20/h1-2,5-12,16H,3-4,13-15H2,(H,24,25). The van der Waals surface area contributed by atoms with Gasteiger partial charge in [0.1, 0.15) is 0 Å². The van der Waals surface area contributed by atoms with Crippen molar-refractivity contribution >= 4 is 16.8 Å². The molecule has 1 aliphatic rings. The van der Waals surface area contributed by atoms with Crippen molar-refractivity contribution in [2.24, 2.45) is 5.92 Å². The second-order valence-electron chi connectivity index (χ2n) is 6.75. The molecule has 0 aliphatic carbocycles. The molecule has 1 aromatic heterocycles. The highest BCUT2D eigenvalue weighted by molar-refractivity contribution is 5.96. The highest BCUT2D eigenvalue weighted by Crippen LogP contribution is 2.27. The Morgan fingerprint density at radius 1 is 1.12 bits per heavy atom. The minimum atomic E-state index is -0.0295. The Balaban J connectivity index is 1.48. The summed E-state index contributed by atoms with van der Waals surface area (Å²) < 4.78 is 5.46. The van der Waals surface area contributed by atoms with Gasteiger partial charge in [-0.1, -0.05) is 36.4 Å². The Morgan fingerprint density at radius 3 is 2.77 bits per heavy atom. The zero-order chi connectivity index (χ0) is 17.8. The van der Waals surface area contributed by atoms with Crippen LogP contribution in [0.3, 0.4) is 0 Å². The fourth-order valence-corrected chi connectivity index (χ4v) is 3.45. The molecule has 0 bridgehead atoms. The maximum Gasteiger partial charge on any atom is 0.251 e. The van der Waals surface area contributed by atoms with Crippen LogP contribution in [0.25, 0.3) is 22.0 Å². The predicted octanol–water partition coefficient (Wildman–Crippen LogP) is 4.06. The summed E-state index contributed by atoms with van der Waals surface area (Å²) in [6.45, 7) is 2.26. The first kappa shape index (κ1) is 16.7. The molecule has 132 valence electrons. The van der Waals surface area contributed by atoms with Gasteiger partial charge in [-0.2, -0.15) is 0 Å². The van der Waals surface area contributed by atoms with Crippen LogP contribution < -0.4 is 5.32 Å². The number of para-hydroxylation sites is 1. The van der Waals surface area contributed by atoms with Crippen molar-refractivity contribution < 1.29 is 9.53 Å². The smallest absolute Gasteiger partial charge is 0.251 e. The molecular formula is C22H22N2O2. The number of carbonyl (C=O) groups excluding carboxylic acids is 1. The molecule has 2 heterocycles. The average Bonchev–Trinajstić information content (AvgIpc) is 2.72. The minimum absolute atomic E-state index is 0.0295. The summed E-state index contributed by atoms with van der Waals surface area (Å²) in [5, 5.41) is 4.14. The second-order valence-corrected chi connectivity index (χ2v) is 6.75. The Kier molecular flexibility index (Phi) is 4.93. The number of fused-ring (bicyclic) bond motifs is 1. The van der Waals surface area contributed by atoms with Crippen molar-refractivity contribution in [1.29, 1.82) is 0 Å². The van der Waals surface area contributed by atoms with Crippen LogP contribution in [0.15, 0.2) is 60.8 Å². The number of ether oxygens (including phenoxy) is 1. The van der Waals surface area contributed by atoms with Gasteiger partial charge in [0, 0.05) is 35.9 Å². The number of aromatic nitrogens is 1. The molecule has 1 saturated heterocycles. The molecule has 3 aromatic rings. The lowest BCUT2D eigenvalue weighted by Gasteiger charge is -2.22. The topological polar surface area (TPSA) is 51.2 Å².